The maximum atomic E-state index is 11.9. The highest BCUT2D eigenvalue weighted by Crippen LogP contribution is 2.20. The number of rotatable bonds is 5. The van der Waals surface area contributed by atoms with Gasteiger partial charge in [0.1, 0.15) is 12.5 Å². The Labute approximate surface area is 110 Å². The molecule has 2 unspecified atom stereocenters. The summed E-state index contributed by atoms with van der Waals surface area (Å²) in [6.07, 6.45) is 0. The van der Waals surface area contributed by atoms with Crippen LogP contribution in [-0.2, 0) is 19.1 Å². The Balaban J connectivity index is 2.63. The number of esters is 1. The molecule has 0 spiro atoms. The summed E-state index contributed by atoms with van der Waals surface area (Å²) in [5, 5.41) is 11.4. The molecule has 0 aromatic carbocycles. The number of carboxylic acids is 1. The van der Waals surface area contributed by atoms with Gasteiger partial charge in [-0.05, 0) is 6.92 Å². The van der Waals surface area contributed by atoms with Crippen LogP contribution in [0.1, 0.15) is 6.92 Å². The fourth-order valence-corrected chi connectivity index (χ4v) is 1.94. The molecule has 0 saturated carbocycles. The molecule has 19 heavy (non-hydrogen) atoms. The number of likely N-dealkylation sites (N-methyl/N-ethyl adjacent to an activating group) is 1. The van der Waals surface area contributed by atoms with E-state index in [1.807, 2.05) is 0 Å². The average Bonchev–Trinajstić information content (AvgIpc) is 2.86. The van der Waals surface area contributed by atoms with Crippen LogP contribution in [0.4, 0.5) is 4.79 Å². The van der Waals surface area contributed by atoms with E-state index < -0.39 is 29.9 Å². The summed E-state index contributed by atoms with van der Waals surface area (Å²) >= 11 is 0. The number of nitrogens with zero attached hydrogens (tertiary/aromatic N) is 1. The van der Waals surface area contributed by atoms with Crippen LogP contribution in [0.2, 0.25) is 0 Å². The van der Waals surface area contributed by atoms with E-state index in [4.69, 9.17) is 9.84 Å². The molecule has 0 bridgehead atoms. The Morgan fingerprint density at radius 1 is 1.42 bits per heavy atom. The largest absolute Gasteiger partial charge is 0.481 e. The average molecular weight is 274 g/mol. The van der Waals surface area contributed by atoms with Gasteiger partial charge in [-0.25, -0.2) is 4.79 Å². The topological polar surface area (TPSA) is 105 Å². The summed E-state index contributed by atoms with van der Waals surface area (Å²) in [4.78, 5) is 35.3. The molecule has 1 fully saturated rings. The van der Waals surface area contributed by atoms with Gasteiger partial charge in [-0.1, -0.05) is 0 Å². The highest BCUT2D eigenvalue weighted by Gasteiger charge is 2.39. The smallest absolute Gasteiger partial charge is 0.325 e. The van der Waals surface area contributed by atoms with Gasteiger partial charge < -0.3 is 24.8 Å². The summed E-state index contributed by atoms with van der Waals surface area (Å²) in [6.45, 7) is 2.06. The first-order valence-electron chi connectivity index (χ1n) is 5.93. The molecule has 8 nitrogen and oxygen atoms in total. The number of amides is 2. The van der Waals surface area contributed by atoms with Crippen LogP contribution in [0.3, 0.4) is 0 Å². The van der Waals surface area contributed by atoms with E-state index in [2.05, 4.69) is 10.1 Å². The molecule has 2 atom stereocenters. The van der Waals surface area contributed by atoms with Gasteiger partial charge in [-0.15, -0.1) is 0 Å². The lowest BCUT2D eigenvalue weighted by Crippen LogP contribution is -2.51. The zero-order valence-electron chi connectivity index (χ0n) is 10.9. The van der Waals surface area contributed by atoms with Gasteiger partial charge in [0.25, 0.3) is 0 Å². The van der Waals surface area contributed by atoms with E-state index in [1.54, 1.807) is 6.92 Å². The van der Waals surface area contributed by atoms with E-state index in [0.717, 1.165) is 0 Å². The minimum atomic E-state index is -0.998. The van der Waals surface area contributed by atoms with Crippen molar-refractivity contribution >= 4 is 18.0 Å². The molecule has 1 aliphatic heterocycles. The van der Waals surface area contributed by atoms with Crippen molar-refractivity contribution in [2.24, 2.45) is 5.92 Å². The maximum absolute atomic E-state index is 11.9. The first-order chi connectivity index (χ1) is 9.01. The molecule has 1 rings (SSSR count). The van der Waals surface area contributed by atoms with Crippen molar-refractivity contribution in [2.75, 3.05) is 33.4 Å². The van der Waals surface area contributed by atoms with Gasteiger partial charge in [-0.3, -0.25) is 9.59 Å². The van der Waals surface area contributed by atoms with Crippen LogP contribution in [0, 0.1) is 5.92 Å². The quantitative estimate of drug-likeness (QED) is 0.642. The van der Waals surface area contributed by atoms with Crippen molar-refractivity contribution < 1.29 is 29.0 Å². The number of carbonyl (C=O) groups excluding carboxylic acids is 2. The van der Waals surface area contributed by atoms with Crippen molar-refractivity contribution in [3.8, 4) is 0 Å². The summed E-state index contributed by atoms with van der Waals surface area (Å²) in [5.74, 6) is -2.31. The first-order valence-corrected chi connectivity index (χ1v) is 5.93. The monoisotopic (exact) mass is 274 g/mol. The molecule has 0 radical (unpaired) electrons. The molecular formula is C11H18N2O6. The van der Waals surface area contributed by atoms with Gasteiger partial charge in [0, 0.05) is 6.54 Å². The number of hydrogen-bond acceptors (Lipinski definition) is 5. The SMILES string of the molecule is CCN(C(=O)NCC(=O)OC)C1COCC1C(=O)O. The maximum Gasteiger partial charge on any atom is 0.325 e. The van der Waals surface area contributed by atoms with E-state index in [9.17, 15) is 14.4 Å². The molecular weight excluding hydrogens is 256 g/mol. The molecule has 2 amide bonds. The molecule has 0 aliphatic carbocycles. The number of carbonyl (C=O) groups is 3. The second-order valence-electron chi connectivity index (χ2n) is 4.07. The number of methoxy groups -OCH3 is 1. The number of nitrogens with one attached hydrogen (secondary N) is 1. The molecule has 8 heteroatoms. The summed E-state index contributed by atoms with van der Waals surface area (Å²) < 4.78 is 9.52. The molecule has 2 N–H and O–H groups in total. The van der Waals surface area contributed by atoms with Gasteiger partial charge in [0.2, 0.25) is 0 Å². The Morgan fingerprint density at radius 3 is 2.63 bits per heavy atom. The number of carboxylic acid groups (broad SMARTS) is 1. The third-order valence-electron chi connectivity index (χ3n) is 2.98. The van der Waals surface area contributed by atoms with E-state index in [1.165, 1.54) is 12.0 Å². The summed E-state index contributed by atoms with van der Waals surface area (Å²) in [6, 6.07) is -1.03. The molecule has 1 aliphatic rings. The van der Waals surface area contributed by atoms with E-state index >= 15 is 0 Å². The fourth-order valence-electron chi connectivity index (χ4n) is 1.94. The van der Waals surface area contributed by atoms with Crippen LogP contribution in [0.25, 0.3) is 0 Å². The Hall–Kier alpha value is -1.83. The lowest BCUT2D eigenvalue weighted by Gasteiger charge is -2.29. The number of urea groups is 1. The molecule has 108 valence electrons. The highest BCUT2D eigenvalue weighted by atomic mass is 16.5. The fraction of sp³-hybridized carbons (Fsp3) is 0.727. The van der Waals surface area contributed by atoms with Crippen LogP contribution in [0.15, 0.2) is 0 Å². The Kier molecular flexibility index (Phi) is 5.56. The van der Waals surface area contributed by atoms with Crippen LogP contribution < -0.4 is 5.32 Å². The molecule has 0 aromatic heterocycles. The lowest BCUT2D eigenvalue weighted by molar-refractivity contribution is -0.143. The Bertz CT molecular complexity index is 359. The third kappa shape index (κ3) is 3.82. The van der Waals surface area contributed by atoms with Crippen LogP contribution in [-0.4, -0.2) is 67.4 Å². The van der Waals surface area contributed by atoms with Crippen molar-refractivity contribution in [3.05, 3.63) is 0 Å². The second kappa shape index (κ2) is 6.93. The summed E-state index contributed by atoms with van der Waals surface area (Å²) in [7, 11) is 1.22. The second-order valence-corrected chi connectivity index (χ2v) is 4.07. The highest BCUT2D eigenvalue weighted by molar-refractivity contribution is 5.81. The zero-order valence-corrected chi connectivity index (χ0v) is 10.9. The van der Waals surface area contributed by atoms with Crippen molar-refractivity contribution in [1.29, 1.82) is 0 Å². The number of aliphatic carboxylic acids is 1. The van der Waals surface area contributed by atoms with E-state index in [-0.39, 0.29) is 19.8 Å². The van der Waals surface area contributed by atoms with Crippen molar-refractivity contribution in [1.82, 2.24) is 10.2 Å². The third-order valence-corrected chi connectivity index (χ3v) is 2.98. The van der Waals surface area contributed by atoms with Crippen LogP contribution >= 0.6 is 0 Å². The molecule has 1 saturated heterocycles. The van der Waals surface area contributed by atoms with Crippen molar-refractivity contribution in [3.63, 3.8) is 0 Å². The zero-order chi connectivity index (χ0) is 14.4. The standard InChI is InChI=1S/C11H18N2O6/c1-3-13(11(17)12-4-9(14)18-2)8-6-19-5-7(8)10(15)16/h7-8H,3-6H2,1-2H3,(H,12,17)(H,15,16). The minimum Gasteiger partial charge on any atom is -0.481 e. The van der Waals surface area contributed by atoms with Gasteiger partial charge in [0.15, 0.2) is 0 Å². The normalized spacial score (nSPS) is 21.8. The summed E-state index contributed by atoms with van der Waals surface area (Å²) in [5.41, 5.74) is 0. The van der Waals surface area contributed by atoms with Crippen molar-refractivity contribution in [2.45, 2.75) is 13.0 Å². The minimum absolute atomic E-state index is 0.0841. The Morgan fingerprint density at radius 2 is 2.11 bits per heavy atom. The van der Waals surface area contributed by atoms with Gasteiger partial charge in [0.05, 0.1) is 26.4 Å². The predicted molar refractivity (Wildman–Crippen MR) is 63.5 cm³/mol. The lowest BCUT2D eigenvalue weighted by atomic mass is 10.0. The number of hydrogen-bond donors (Lipinski definition) is 2. The van der Waals surface area contributed by atoms with Crippen LogP contribution in [0.5, 0.6) is 0 Å². The predicted octanol–water partition coefficient (Wildman–Crippen LogP) is -0.709. The van der Waals surface area contributed by atoms with Gasteiger partial charge in [-0.2, -0.15) is 0 Å². The van der Waals surface area contributed by atoms with Gasteiger partial charge >= 0.3 is 18.0 Å². The molecule has 1 heterocycles. The number of ether oxygens (including phenoxy) is 2. The molecule has 0 aromatic rings. The first kappa shape index (κ1) is 15.2. The van der Waals surface area contributed by atoms with E-state index in [0.29, 0.717) is 6.54 Å².